The van der Waals surface area contributed by atoms with Crippen LogP contribution < -0.4 is 0 Å². The first-order valence-corrected chi connectivity index (χ1v) is 3.36. The Morgan fingerprint density at radius 2 is 1.00 bits per heavy atom. The van der Waals surface area contributed by atoms with E-state index in [1.54, 1.807) is 0 Å². The molecule has 0 spiro atoms. The van der Waals surface area contributed by atoms with Crippen molar-refractivity contribution in [2.45, 2.75) is 37.9 Å². The molecule has 0 aromatic heterocycles. The smallest absolute Gasteiger partial charge is 0.241 e. The van der Waals surface area contributed by atoms with E-state index in [2.05, 4.69) is 0 Å². The first-order chi connectivity index (χ1) is 5.43. The lowest BCUT2D eigenvalue weighted by Gasteiger charge is -2.16. The van der Waals surface area contributed by atoms with E-state index in [9.17, 15) is 17.6 Å². The van der Waals surface area contributed by atoms with Gasteiger partial charge in [-0.25, -0.2) is 17.6 Å². The van der Waals surface area contributed by atoms with Crippen molar-refractivity contribution in [3.05, 3.63) is 0 Å². The minimum Gasteiger partial charge on any atom is -0.390 e. The summed E-state index contributed by atoms with van der Waals surface area (Å²) in [6, 6.07) is 0. The Kier molecular flexibility index (Phi) is 5.16. The van der Waals surface area contributed by atoms with Crippen LogP contribution in [-0.2, 0) is 0 Å². The van der Waals surface area contributed by atoms with Crippen LogP contribution in [0.3, 0.4) is 0 Å². The molecule has 0 rings (SSSR count). The summed E-state index contributed by atoms with van der Waals surface area (Å²) < 4.78 is 46.1. The van der Waals surface area contributed by atoms with Gasteiger partial charge in [0.05, 0.1) is 12.2 Å². The van der Waals surface area contributed by atoms with Crippen LogP contribution in [0.25, 0.3) is 0 Å². The molecule has 0 aliphatic heterocycles. The maximum Gasteiger partial charge on any atom is 0.241 e. The van der Waals surface area contributed by atoms with Gasteiger partial charge >= 0.3 is 0 Å². The molecule has 0 aliphatic carbocycles. The van der Waals surface area contributed by atoms with Crippen LogP contribution in [0.15, 0.2) is 0 Å². The maximum atomic E-state index is 11.5. The summed E-state index contributed by atoms with van der Waals surface area (Å²) >= 11 is 0. The van der Waals surface area contributed by atoms with E-state index in [0.717, 1.165) is 0 Å². The summed E-state index contributed by atoms with van der Waals surface area (Å²) in [4.78, 5) is 0. The topological polar surface area (TPSA) is 40.5 Å². The Hall–Kier alpha value is -0.360. The molecule has 2 N–H and O–H groups in total. The van der Waals surface area contributed by atoms with Gasteiger partial charge in [-0.05, 0) is 0 Å². The van der Waals surface area contributed by atoms with Crippen LogP contribution in [0.2, 0.25) is 0 Å². The van der Waals surface area contributed by atoms with Gasteiger partial charge < -0.3 is 10.2 Å². The van der Waals surface area contributed by atoms with Crippen molar-refractivity contribution < 1.29 is 27.8 Å². The number of halogens is 4. The zero-order chi connectivity index (χ0) is 9.72. The van der Waals surface area contributed by atoms with Gasteiger partial charge in [-0.3, -0.25) is 0 Å². The summed E-state index contributed by atoms with van der Waals surface area (Å²) in [6.07, 6.45) is -11.1. The minimum absolute atomic E-state index is 0.978. The van der Waals surface area contributed by atoms with Gasteiger partial charge in [-0.15, -0.1) is 0 Å². The van der Waals surface area contributed by atoms with E-state index < -0.39 is 37.9 Å². The van der Waals surface area contributed by atoms with Gasteiger partial charge in [-0.1, -0.05) is 0 Å². The highest BCUT2D eigenvalue weighted by Crippen LogP contribution is 2.13. The van der Waals surface area contributed by atoms with Gasteiger partial charge in [0, 0.05) is 12.8 Å². The van der Waals surface area contributed by atoms with Gasteiger partial charge in [0.2, 0.25) is 12.9 Å². The second-order valence-electron chi connectivity index (χ2n) is 2.39. The van der Waals surface area contributed by atoms with Crippen molar-refractivity contribution >= 4 is 0 Å². The molecule has 12 heavy (non-hydrogen) atoms. The van der Waals surface area contributed by atoms with Gasteiger partial charge in [-0.2, -0.15) is 0 Å². The standard InChI is InChI=1S/C6H10F4O2/c7-5(8)1-3(11)4(12)2-6(9)10/h3-6,11-12H,1-2H2. The van der Waals surface area contributed by atoms with Crippen molar-refractivity contribution in [1.29, 1.82) is 0 Å². The van der Waals surface area contributed by atoms with Gasteiger partial charge in [0.25, 0.3) is 0 Å². The van der Waals surface area contributed by atoms with Crippen molar-refractivity contribution in [2.75, 3.05) is 0 Å². The number of rotatable bonds is 5. The van der Waals surface area contributed by atoms with E-state index in [1.165, 1.54) is 0 Å². The highest BCUT2D eigenvalue weighted by molar-refractivity contribution is 4.68. The zero-order valence-corrected chi connectivity index (χ0v) is 6.13. The quantitative estimate of drug-likeness (QED) is 0.635. The summed E-state index contributed by atoms with van der Waals surface area (Å²) in [5, 5.41) is 17.3. The largest absolute Gasteiger partial charge is 0.390 e. The van der Waals surface area contributed by atoms with Crippen LogP contribution in [0, 0.1) is 0 Å². The predicted octanol–water partition coefficient (Wildman–Crippen LogP) is 1.02. The molecule has 0 heterocycles. The molecule has 2 nitrogen and oxygen atoms in total. The molecule has 0 aromatic rings. The predicted molar refractivity (Wildman–Crippen MR) is 33.3 cm³/mol. The number of aliphatic hydroxyl groups excluding tert-OH is 2. The fourth-order valence-electron chi connectivity index (χ4n) is 0.679. The van der Waals surface area contributed by atoms with Crippen LogP contribution in [0.4, 0.5) is 17.6 Å². The summed E-state index contributed by atoms with van der Waals surface area (Å²) in [5.74, 6) is 0. The van der Waals surface area contributed by atoms with Crippen molar-refractivity contribution in [2.24, 2.45) is 0 Å². The Labute approximate surface area is 66.8 Å². The molecule has 74 valence electrons. The second kappa shape index (κ2) is 5.31. The molecule has 0 aliphatic rings. The van der Waals surface area contributed by atoms with Crippen molar-refractivity contribution in [3.8, 4) is 0 Å². The fourth-order valence-corrected chi connectivity index (χ4v) is 0.679. The Balaban J connectivity index is 3.68. The van der Waals surface area contributed by atoms with E-state index in [0.29, 0.717) is 0 Å². The molecule has 0 bridgehead atoms. The molecule has 0 aromatic carbocycles. The number of hydrogen-bond acceptors (Lipinski definition) is 2. The third-order valence-corrected chi connectivity index (χ3v) is 1.28. The van der Waals surface area contributed by atoms with Crippen LogP contribution in [-0.4, -0.2) is 35.3 Å². The van der Waals surface area contributed by atoms with Crippen molar-refractivity contribution in [1.82, 2.24) is 0 Å². The van der Waals surface area contributed by atoms with E-state index >= 15 is 0 Å². The molecule has 6 heteroatoms. The third kappa shape index (κ3) is 5.31. The molecule has 0 amide bonds. The average Bonchev–Trinajstić information content (AvgIpc) is 1.84. The van der Waals surface area contributed by atoms with Gasteiger partial charge in [0.1, 0.15) is 0 Å². The summed E-state index contributed by atoms with van der Waals surface area (Å²) in [5.41, 5.74) is 0. The highest BCUT2D eigenvalue weighted by Gasteiger charge is 2.23. The molecule has 2 atom stereocenters. The average molecular weight is 190 g/mol. The van der Waals surface area contributed by atoms with E-state index in [1.807, 2.05) is 0 Å². The van der Waals surface area contributed by atoms with E-state index in [-0.39, 0.29) is 0 Å². The fraction of sp³-hybridized carbons (Fsp3) is 1.00. The number of aliphatic hydroxyl groups is 2. The number of alkyl halides is 4. The number of hydrogen-bond donors (Lipinski definition) is 2. The Morgan fingerprint density at radius 3 is 1.17 bits per heavy atom. The zero-order valence-electron chi connectivity index (χ0n) is 6.13. The molecule has 0 fully saturated rings. The second-order valence-corrected chi connectivity index (χ2v) is 2.39. The van der Waals surface area contributed by atoms with E-state index in [4.69, 9.17) is 10.2 Å². The molecular formula is C6H10F4O2. The monoisotopic (exact) mass is 190 g/mol. The lowest BCUT2D eigenvalue weighted by atomic mass is 10.1. The Bertz CT molecular complexity index is 106. The Morgan fingerprint density at radius 1 is 0.750 bits per heavy atom. The highest BCUT2D eigenvalue weighted by atomic mass is 19.3. The summed E-state index contributed by atoms with van der Waals surface area (Å²) in [7, 11) is 0. The lowest BCUT2D eigenvalue weighted by molar-refractivity contribution is -0.0455. The SMILES string of the molecule is OC(CC(F)F)C(O)CC(F)F. The first kappa shape index (κ1) is 11.6. The van der Waals surface area contributed by atoms with Gasteiger partial charge in [0.15, 0.2) is 0 Å². The molecule has 0 radical (unpaired) electrons. The van der Waals surface area contributed by atoms with Crippen LogP contribution in [0.1, 0.15) is 12.8 Å². The molecule has 0 saturated heterocycles. The lowest BCUT2D eigenvalue weighted by Crippen LogP contribution is -2.29. The summed E-state index contributed by atoms with van der Waals surface area (Å²) in [6.45, 7) is 0. The third-order valence-electron chi connectivity index (χ3n) is 1.28. The normalized spacial score (nSPS) is 17.0. The molecule has 0 saturated carbocycles. The first-order valence-electron chi connectivity index (χ1n) is 3.36. The minimum atomic E-state index is -2.80. The molecular weight excluding hydrogens is 180 g/mol. The van der Waals surface area contributed by atoms with Crippen LogP contribution in [0.5, 0.6) is 0 Å². The van der Waals surface area contributed by atoms with Crippen LogP contribution >= 0.6 is 0 Å². The maximum absolute atomic E-state index is 11.5. The molecule has 2 unspecified atom stereocenters. The van der Waals surface area contributed by atoms with Crippen molar-refractivity contribution in [3.63, 3.8) is 0 Å².